The van der Waals surface area contributed by atoms with Crippen LogP contribution in [0.5, 0.6) is 5.75 Å². The van der Waals surface area contributed by atoms with Crippen molar-refractivity contribution in [1.82, 2.24) is 24.8 Å². The van der Waals surface area contributed by atoms with E-state index < -0.39 is 5.60 Å². The van der Waals surface area contributed by atoms with Gasteiger partial charge in [0.05, 0.1) is 6.20 Å². The third kappa shape index (κ3) is 2.63. The molecule has 3 heterocycles. The van der Waals surface area contributed by atoms with Crippen molar-refractivity contribution in [3.05, 3.63) is 11.9 Å². The van der Waals surface area contributed by atoms with Crippen molar-refractivity contribution in [2.24, 2.45) is 0 Å². The Morgan fingerprint density at radius 2 is 2.12 bits per heavy atom. The van der Waals surface area contributed by atoms with E-state index in [1.807, 2.05) is 6.92 Å². The standard InChI is InChI=1S/C15H16N6O3/c1-4-21-12-9(22)7-17-8(5-6-15(2,3)23)10(12)18-14(21)11-13(16)20-24-19-11/h7,22-23H,4H2,1-3H3,(H2,16,20). The third-order valence-electron chi connectivity index (χ3n) is 3.28. The van der Waals surface area contributed by atoms with Crippen LogP contribution in [0.15, 0.2) is 10.8 Å². The van der Waals surface area contributed by atoms with Gasteiger partial charge in [-0.05, 0) is 37.0 Å². The number of nitrogens with two attached hydrogens (primary N) is 1. The molecule has 3 rings (SSSR count). The van der Waals surface area contributed by atoms with Gasteiger partial charge in [-0.25, -0.2) is 14.6 Å². The second-order valence-electron chi connectivity index (χ2n) is 5.68. The normalized spacial score (nSPS) is 11.5. The predicted octanol–water partition coefficient (Wildman–Crippen LogP) is 0.911. The number of pyridine rings is 1. The van der Waals surface area contributed by atoms with Crippen LogP contribution < -0.4 is 5.73 Å². The van der Waals surface area contributed by atoms with Gasteiger partial charge in [0.15, 0.2) is 23.1 Å². The number of fused-ring (bicyclic) bond motifs is 1. The van der Waals surface area contributed by atoms with Gasteiger partial charge < -0.3 is 20.5 Å². The number of imidazole rings is 1. The maximum atomic E-state index is 10.2. The van der Waals surface area contributed by atoms with Crippen molar-refractivity contribution >= 4 is 16.9 Å². The number of nitrogens with zero attached hydrogens (tertiary/aromatic N) is 5. The van der Waals surface area contributed by atoms with Crippen LogP contribution in [0.1, 0.15) is 26.5 Å². The zero-order valence-electron chi connectivity index (χ0n) is 13.4. The number of hydrogen-bond acceptors (Lipinski definition) is 8. The molecule has 3 aromatic heterocycles. The summed E-state index contributed by atoms with van der Waals surface area (Å²) in [5, 5.41) is 27.3. The molecular formula is C15H16N6O3. The maximum Gasteiger partial charge on any atom is 0.199 e. The molecule has 0 radical (unpaired) electrons. The van der Waals surface area contributed by atoms with E-state index in [4.69, 9.17) is 5.73 Å². The maximum absolute atomic E-state index is 10.2. The zero-order valence-corrected chi connectivity index (χ0v) is 13.4. The largest absolute Gasteiger partial charge is 0.504 e. The molecule has 0 saturated heterocycles. The lowest BCUT2D eigenvalue weighted by atomic mass is 10.1. The lowest BCUT2D eigenvalue weighted by Gasteiger charge is -2.06. The summed E-state index contributed by atoms with van der Waals surface area (Å²) in [6, 6.07) is 0. The third-order valence-corrected chi connectivity index (χ3v) is 3.28. The Bertz CT molecular complexity index is 971. The first-order valence-electron chi connectivity index (χ1n) is 7.24. The van der Waals surface area contributed by atoms with Crippen LogP contribution in [-0.4, -0.2) is 40.7 Å². The lowest BCUT2D eigenvalue weighted by Crippen LogP contribution is -2.14. The number of aromatic hydroxyl groups is 1. The smallest absolute Gasteiger partial charge is 0.199 e. The fourth-order valence-electron chi connectivity index (χ4n) is 2.27. The molecule has 0 aromatic carbocycles. The second-order valence-corrected chi connectivity index (χ2v) is 5.68. The molecule has 0 aliphatic heterocycles. The van der Waals surface area contributed by atoms with E-state index in [1.54, 1.807) is 18.4 Å². The van der Waals surface area contributed by atoms with Crippen molar-refractivity contribution < 1.29 is 14.8 Å². The van der Waals surface area contributed by atoms with E-state index in [2.05, 4.69) is 36.8 Å². The minimum atomic E-state index is -1.18. The highest BCUT2D eigenvalue weighted by molar-refractivity contribution is 5.89. The summed E-state index contributed by atoms with van der Waals surface area (Å²) in [7, 11) is 0. The minimum Gasteiger partial charge on any atom is -0.504 e. The molecule has 9 heteroatoms. The Kier molecular flexibility index (Phi) is 3.62. The average molecular weight is 328 g/mol. The van der Waals surface area contributed by atoms with E-state index >= 15 is 0 Å². The average Bonchev–Trinajstić information content (AvgIpc) is 3.09. The fourth-order valence-corrected chi connectivity index (χ4v) is 2.27. The molecule has 9 nitrogen and oxygen atoms in total. The van der Waals surface area contributed by atoms with Gasteiger partial charge in [0.1, 0.15) is 22.3 Å². The van der Waals surface area contributed by atoms with Crippen LogP contribution in [0, 0.1) is 11.8 Å². The summed E-state index contributed by atoms with van der Waals surface area (Å²) >= 11 is 0. The molecule has 4 N–H and O–H groups in total. The Labute approximate surface area is 137 Å². The zero-order chi connectivity index (χ0) is 17.5. The van der Waals surface area contributed by atoms with Gasteiger partial charge in [-0.15, -0.1) is 0 Å². The molecule has 0 aliphatic rings. The first-order valence-corrected chi connectivity index (χ1v) is 7.24. The number of aryl methyl sites for hydroxylation is 1. The molecule has 0 saturated carbocycles. The molecule has 124 valence electrons. The van der Waals surface area contributed by atoms with Crippen LogP contribution in [0.3, 0.4) is 0 Å². The van der Waals surface area contributed by atoms with E-state index in [0.29, 0.717) is 29.1 Å². The van der Waals surface area contributed by atoms with Crippen LogP contribution in [0.4, 0.5) is 5.82 Å². The SMILES string of the molecule is CCn1c(-c2nonc2N)nc2c(C#CC(C)(C)O)ncc(O)c21. The first kappa shape index (κ1) is 15.8. The number of hydrogen-bond donors (Lipinski definition) is 3. The molecule has 0 fully saturated rings. The number of rotatable bonds is 2. The van der Waals surface area contributed by atoms with Crippen molar-refractivity contribution in [3.63, 3.8) is 0 Å². The summed E-state index contributed by atoms with van der Waals surface area (Å²) in [6.45, 7) is 5.51. The lowest BCUT2D eigenvalue weighted by molar-refractivity contribution is 0.143. The topological polar surface area (TPSA) is 136 Å². The molecule has 0 atom stereocenters. The molecule has 24 heavy (non-hydrogen) atoms. The first-order chi connectivity index (χ1) is 11.3. The monoisotopic (exact) mass is 328 g/mol. The van der Waals surface area contributed by atoms with Crippen LogP contribution in [0.2, 0.25) is 0 Å². The summed E-state index contributed by atoms with van der Waals surface area (Å²) in [4.78, 5) is 8.56. The Hall–Kier alpha value is -3.12. The molecule has 0 bridgehead atoms. The van der Waals surface area contributed by atoms with Gasteiger partial charge in [0.2, 0.25) is 0 Å². The number of aliphatic hydroxyl groups is 1. The Morgan fingerprint density at radius 1 is 1.38 bits per heavy atom. The predicted molar refractivity (Wildman–Crippen MR) is 85.7 cm³/mol. The summed E-state index contributed by atoms with van der Waals surface area (Å²) in [5.74, 6) is 5.91. The van der Waals surface area contributed by atoms with Crippen LogP contribution >= 0.6 is 0 Å². The van der Waals surface area contributed by atoms with Gasteiger partial charge >= 0.3 is 0 Å². The summed E-state index contributed by atoms with van der Waals surface area (Å²) in [5.41, 5.74) is 6.00. The molecular weight excluding hydrogens is 312 g/mol. The molecule has 3 aromatic rings. The van der Waals surface area contributed by atoms with Crippen molar-refractivity contribution in [2.75, 3.05) is 5.73 Å². The molecule has 0 amide bonds. The van der Waals surface area contributed by atoms with E-state index in [0.717, 1.165) is 0 Å². The Morgan fingerprint density at radius 3 is 2.71 bits per heavy atom. The number of nitrogen functional groups attached to an aromatic ring is 1. The van der Waals surface area contributed by atoms with E-state index in [-0.39, 0.29) is 17.3 Å². The highest BCUT2D eigenvalue weighted by Gasteiger charge is 2.22. The summed E-state index contributed by atoms with van der Waals surface area (Å²) in [6.07, 6.45) is 1.29. The van der Waals surface area contributed by atoms with Gasteiger partial charge in [-0.2, -0.15) is 0 Å². The second kappa shape index (κ2) is 5.50. The number of anilines is 1. The van der Waals surface area contributed by atoms with Crippen molar-refractivity contribution in [3.8, 4) is 29.1 Å². The quantitative estimate of drug-likeness (QED) is 0.591. The van der Waals surface area contributed by atoms with Gasteiger partial charge in [0.25, 0.3) is 0 Å². The fraction of sp³-hybridized carbons (Fsp3) is 0.333. The Balaban J connectivity index is 2.32. The highest BCUT2D eigenvalue weighted by atomic mass is 16.6. The van der Waals surface area contributed by atoms with Crippen LogP contribution in [-0.2, 0) is 6.54 Å². The summed E-state index contributed by atoms with van der Waals surface area (Å²) < 4.78 is 6.35. The highest BCUT2D eigenvalue weighted by Crippen LogP contribution is 2.32. The van der Waals surface area contributed by atoms with Gasteiger partial charge in [0, 0.05) is 6.54 Å². The molecule has 0 aliphatic carbocycles. The minimum absolute atomic E-state index is 0.0468. The van der Waals surface area contributed by atoms with Crippen molar-refractivity contribution in [1.29, 1.82) is 0 Å². The van der Waals surface area contributed by atoms with Crippen LogP contribution in [0.25, 0.3) is 22.6 Å². The molecule has 0 spiro atoms. The van der Waals surface area contributed by atoms with E-state index in [1.165, 1.54) is 6.20 Å². The van der Waals surface area contributed by atoms with Gasteiger partial charge in [-0.1, -0.05) is 5.92 Å². The number of aromatic nitrogens is 5. The van der Waals surface area contributed by atoms with Gasteiger partial charge in [-0.3, -0.25) is 0 Å². The van der Waals surface area contributed by atoms with Crippen molar-refractivity contribution in [2.45, 2.75) is 32.9 Å². The van der Waals surface area contributed by atoms with E-state index in [9.17, 15) is 10.2 Å². The molecule has 0 unspecified atom stereocenters.